The lowest BCUT2D eigenvalue weighted by Gasteiger charge is -2.09. The van der Waals surface area contributed by atoms with E-state index in [1.165, 1.54) is 6.92 Å². The van der Waals surface area contributed by atoms with Gasteiger partial charge in [-0.25, -0.2) is 4.79 Å². The molecule has 1 atom stereocenters. The fourth-order valence-electron chi connectivity index (χ4n) is 0.916. The number of carbonyl (C=O) groups is 2. The average Bonchev–Trinajstić information content (AvgIpc) is 2.20. The number of hydrogen-bond donors (Lipinski definition) is 2. The van der Waals surface area contributed by atoms with Gasteiger partial charge in [-0.05, 0) is 19.8 Å². The van der Waals surface area contributed by atoms with Gasteiger partial charge in [-0.2, -0.15) is 0 Å². The van der Waals surface area contributed by atoms with Crippen LogP contribution in [0, 0.1) is 0 Å². The minimum atomic E-state index is -4.05. The van der Waals surface area contributed by atoms with Gasteiger partial charge in [0, 0.05) is 5.57 Å². The molecule has 0 aliphatic heterocycles. The fraction of sp³-hybridized carbons (Fsp3) is 0.600. The predicted octanol–water partition coefficient (Wildman–Crippen LogP) is 1.17. The molecule has 0 aliphatic carbocycles. The summed E-state index contributed by atoms with van der Waals surface area (Å²) in [4.78, 5) is 30.2. The van der Waals surface area contributed by atoms with Gasteiger partial charge >= 0.3 is 19.5 Å². The van der Waals surface area contributed by atoms with Gasteiger partial charge in [0.1, 0.15) is 6.16 Å². The largest absolute Gasteiger partial charge is 0.481 e. The normalized spacial score (nSPS) is 13.7. The van der Waals surface area contributed by atoms with Crippen molar-refractivity contribution in [2.75, 3.05) is 19.4 Å². The molecule has 2 N–H and O–H groups in total. The molecule has 0 saturated carbocycles. The quantitative estimate of drug-likeness (QED) is 0.282. The van der Waals surface area contributed by atoms with E-state index in [0.717, 1.165) is 0 Å². The summed E-state index contributed by atoms with van der Waals surface area (Å²) in [5.41, 5.74) is 0.299. The van der Waals surface area contributed by atoms with Crippen LogP contribution in [0.2, 0.25) is 0 Å². The van der Waals surface area contributed by atoms with Gasteiger partial charge in [0.2, 0.25) is 0 Å². The molecule has 0 fully saturated rings. The van der Waals surface area contributed by atoms with Crippen LogP contribution in [0.3, 0.4) is 0 Å². The first-order valence-electron chi connectivity index (χ1n) is 5.25. The second-order valence-electron chi connectivity index (χ2n) is 3.65. The molecule has 0 amide bonds. The number of rotatable bonds is 9. The molecule has 0 spiro atoms. The topological polar surface area (TPSA) is 110 Å². The van der Waals surface area contributed by atoms with E-state index in [9.17, 15) is 14.2 Å². The van der Waals surface area contributed by atoms with Gasteiger partial charge in [0.15, 0.2) is 0 Å². The third-order valence-electron chi connectivity index (χ3n) is 1.75. The van der Waals surface area contributed by atoms with Crippen LogP contribution in [-0.4, -0.2) is 41.3 Å². The summed E-state index contributed by atoms with van der Waals surface area (Å²) >= 11 is 0. The summed E-state index contributed by atoms with van der Waals surface area (Å²) in [5, 5.41) is 8.32. The molecule has 18 heavy (non-hydrogen) atoms. The summed E-state index contributed by atoms with van der Waals surface area (Å²) in [7, 11) is -4.05. The second kappa shape index (κ2) is 8.02. The summed E-state index contributed by atoms with van der Waals surface area (Å²) in [6.45, 7) is 5.03. The number of aliphatic carboxylic acids is 1. The lowest BCUT2D eigenvalue weighted by molar-refractivity contribution is -0.139. The zero-order valence-corrected chi connectivity index (χ0v) is 11.0. The van der Waals surface area contributed by atoms with E-state index in [0.29, 0.717) is 18.4 Å². The molecule has 0 aromatic carbocycles. The summed E-state index contributed by atoms with van der Waals surface area (Å²) < 4.78 is 20.5. The summed E-state index contributed by atoms with van der Waals surface area (Å²) in [6, 6.07) is 0. The third-order valence-corrected chi connectivity index (χ3v) is 3.00. The van der Waals surface area contributed by atoms with Gasteiger partial charge in [-0.1, -0.05) is 6.58 Å². The molecule has 0 aromatic heterocycles. The lowest BCUT2D eigenvalue weighted by Crippen LogP contribution is -2.08. The molecule has 8 heteroatoms. The molecule has 0 saturated heterocycles. The van der Waals surface area contributed by atoms with Crippen molar-refractivity contribution in [1.82, 2.24) is 0 Å². The highest BCUT2D eigenvalue weighted by molar-refractivity contribution is 7.53. The Labute approximate surface area is 105 Å². The highest BCUT2D eigenvalue weighted by atomic mass is 31.2. The number of carboxylic acid groups (broad SMARTS) is 1. The van der Waals surface area contributed by atoms with Gasteiger partial charge < -0.3 is 19.3 Å². The van der Waals surface area contributed by atoms with Crippen LogP contribution in [0.1, 0.15) is 19.8 Å². The predicted molar refractivity (Wildman–Crippen MR) is 63.3 cm³/mol. The molecule has 0 radical (unpaired) electrons. The molecule has 0 rings (SSSR count). The van der Waals surface area contributed by atoms with Gasteiger partial charge in [-0.15, -0.1) is 0 Å². The molecular formula is C10H17O7P. The first-order chi connectivity index (χ1) is 8.24. The Morgan fingerprint density at radius 2 is 1.83 bits per heavy atom. The Kier molecular flexibility index (Phi) is 7.50. The fourth-order valence-corrected chi connectivity index (χ4v) is 1.76. The number of unbranched alkanes of at least 4 members (excludes halogenated alkanes) is 1. The SMILES string of the molecule is C=C(C)C(=O)OCCCCOP(=O)(O)CC(=O)O. The van der Waals surface area contributed by atoms with Crippen LogP contribution >= 0.6 is 7.60 Å². The van der Waals surface area contributed by atoms with Crippen molar-refractivity contribution in [2.45, 2.75) is 19.8 Å². The van der Waals surface area contributed by atoms with E-state index in [4.69, 9.17) is 14.7 Å². The van der Waals surface area contributed by atoms with Crippen LogP contribution in [0.4, 0.5) is 0 Å². The van der Waals surface area contributed by atoms with Crippen LogP contribution < -0.4 is 0 Å². The monoisotopic (exact) mass is 280 g/mol. The maximum absolute atomic E-state index is 11.1. The zero-order valence-electron chi connectivity index (χ0n) is 10.1. The van der Waals surface area contributed by atoms with Gasteiger partial charge in [-0.3, -0.25) is 9.36 Å². The lowest BCUT2D eigenvalue weighted by atomic mass is 10.3. The maximum atomic E-state index is 11.1. The summed E-state index contributed by atoms with van der Waals surface area (Å²) in [5.74, 6) is -1.88. The van der Waals surface area contributed by atoms with Crippen LogP contribution in [0.15, 0.2) is 12.2 Å². The summed E-state index contributed by atoms with van der Waals surface area (Å²) in [6.07, 6.45) is -0.0859. The van der Waals surface area contributed by atoms with Gasteiger partial charge in [0.25, 0.3) is 0 Å². The number of carboxylic acids is 1. The molecule has 7 nitrogen and oxygen atoms in total. The van der Waals surface area contributed by atoms with E-state index in [-0.39, 0.29) is 13.2 Å². The molecular weight excluding hydrogens is 263 g/mol. The Balaban J connectivity index is 3.63. The maximum Gasteiger partial charge on any atom is 0.339 e. The molecule has 104 valence electrons. The number of hydrogen-bond acceptors (Lipinski definition) is 5. The van der Waals surface area contributed by atoms with E-state index < -0.39 is 25.7 Å². The minimum Gasteiger partial charge on any atom is -0.481 e. The Hall–Kier alpha value is -1.17. The van der Waals surface area contributed by atoms with E-state index in [1.54, 1.807) is 0 Å². The van der Waals surface area contributed by atoms with Crippen molar-refractivity contribution in [3.05, 3.63) is 12.2 Å². The van der Waals surface area contributed by atoms with Crippen molar-refractivity contribution < 1.29 is 33.4 Å². The second-order valence-corrected chi connectivity index (χ2v) is 5.50. The highest BCUT2D eigenvalue weighted by Crippen LogP contribution is 2.41. The molecule has 0 aliphatic rings. The van der Waals surface area contributed by atoms with Crippen LogP contribution in [0.5, 0.6) is 0 Å². The minimum absolute atomic E-state index is 0.0638. The molecule has 0 bridgehead atoms. The van der Waals surface area contributed by atoms with Crippen molar-refractivity contribution >= 4 is 19.5 Å². The number of ether oxygens (including phenoxy) is 1. The highest BCUT2D eigenvalue weighted by Gasteiger charge is 2.23. The van der Waals surface area contributed by atoms with Crippen molar-refractivity contribution in [3.8, 4) is 0 Å². The first-order valence-corrected chi connectivity index (χ1v) is 7.01. The van der Waals surface area contributed by atoms with Crippen molar-refractivity contribution in [2.24, 2.45) is 0 Å². The zero-order chi connectivity index (χ0) is 14.2. The van der Waals surface area contributed by atoms with Crippen LogP contribution in [0.25, 0.3) is 0 Å². The van der Waals surface area contributed by atoms with Gasteiger partial charge in [0.05, 0.1) is 13.2 Å². The Morgan fingerprint density at radius 3 is 2.33 bits per heavy atom. The number of esters is 1. The standard InChI is InChI=1S/C10H17O7P/c1-8(2)10(13)16-5-3-4-6-17-18(14,15)7-9(11)12/h1,3-7H2,2H3,(H,11,12)(H,14,15). The van der Waals surface area contributed by atoms with Crippen molar-refractivity contribution in [3.63, 3.8) is 0 Å². The number of carbonyl (C=O) groups excluding carboxylic acids is 1. The van der Waals surface area contributed by atoms with E-state index in [1.807, 2.05) is 0 Å². The average molecular weight is 280 g/mol. The Morgan fingerprint density at radius 1 is 1.28 bits per heavy atom. The Bertz CT molecular complexity index is 363. The first kappa shape index (κ1) is 16.8. The molecule has 0 aromatic rings. The molecule has 0 heterocycles. The van der Waals surface area contributed by atoms with E-state index >= 15 is 0 Å². The smallest absolute Gasteiger partial charge is 0.339 e. The van der Waals surface area contributed by atoms with Crippen molar-refractivity contribution in [1.29, 1.82) is 0 Å². The van der Waals surface area contributed by atoms with E-state index in [2.05, 4.69) is 11.1 Å². The van der Waals surface area contributed by atoms with Crippen LogP contribution in [-0.2, 0) is 23.4 Å². The third kappa shape index (κ3) is 8.92. The molecule has 1 unspecified atom stereocenters.